The predicted molar refractivity (Wildman–Crippen MR) is 90.2 cm³/mol. The summed E-state index contributed by atoms with van der Waals surface area (Å²) in [6.45, 7) is 4.23. The second-order valence-electron chi connectivity index (χ2n) is 6.28. The zero-order chi connectivity index (χ0) is 18.7. The third kappa shape index (κ3) is 4.19. The topological polar surface area (TPSA) is 58.8 Å². The molecule has 0 spiro atoms. The Labute approximate surface area is 150 Å². The largest absolute Gasteiger partial charge is 0.435 e. The molecule has 2 aromatic rings. The average molecular weight is 365 g/mol. The van der Waals surface area contributed by atoms with Crippen molar-refractivity contribution in [2.24, 2.45) is 0 Å². The summed E-state index contributed by atoms with van der Waals surface area (Å²) < 4.78 is 34.2. The predicted octanol–water partition coefficient (Wildman–Crippen LogP) is 2.85. The highest BCUT2D eigenvalue weighted by molar-refractivity contribution is 5.94. The van der Waals surface area contributed by atoms with Gasteiger partial charge in [0.2, 0.25) is 0 Å². The summed E-state index contributed by atoms with van der Waals surface area (Å²) in [5.74, 6) is 0.626. The molecule has 1 aliphatic rings. The van der Waals surface area contributed by atoms with E-state index in [2.05, 4.69) is 14.8 Å². The van der Waals surface area contributed by atoms with E-state index in [1.807, 2.05) is 13.8 Å². The fraction of sp³-hybridized carbons (Fsp3) is 0.444. The number of aromatic nitrogens is 1. The van der Waals surface area contributed by atoms with Crippen LogP contribution in [0.2, 0.25) is 0 Å². The number of hydrogen-bond acceptors (Lipinski definition) is 5. The van der Waals surface area contributed by atoms with Crippen molar-refractivity contribution in [3.63, 3.8) is 0 Å². The molecule has 1 amide bonds. The number of ether oxygens (including phenoxy) is 1. The second kappa shape index (κ2) is 7.82. The minimum Gasteiger partial charge on any atom is -0.435 e. The first-order valence-electron chi connectivity index (χ1n) is 8.42. The van der Waals surface area contributed by atoms with Gasteiger partial charge in [-0.1, -0.05) is 11.2 Å². The Bertz CT molecular complexity index is 751. The highest BCUT2D eigenvalue weighted by atomic mass is 19.3. The summed E-state index contributed by atoms with van der Waals surface area (Å²) >= 11 is 0. The lowest BCUT2D eigenvalue weighted by atomic mass is 10.1. The van der Waals surface area contributed by atoms with E-state index in [1.165, 1.54) is 12.1 Å². The van der Waals surface area contributed by atoms with Crippen molar-refractivity contribution in [3.8, 4) is 5.75 Å². The Morgan fingerprint density at radius 3 is 2.62 bits per heavy atom. The Balaban J connectivity index is 1.58. The lowest BCUT2D eigenvalue weighted by Crippen LogP contribution is -2.48. The molecule has 1 aliphatic heterocycles. The molecule has 26 heavy (non-hydrogen) atoms. The van der Waals surface area contributed by atoms with Crippen molar-refractivity contribution in [2.45, 2.75) is 27.0 Å². The number of halogens is 2. The van der Waals surface area contributed by atoms with E-state index in [1.54, 1.807) is 17.0 Å². The first-order valence-corrected chi connectivity index (χ1v) is 8.42. The number of carbonyl (C=O) groups excluding carboxylic acids is 1. The monoisotopic (exact) mass is 365 g/mol. The van der Waals surface area contributed by atoms with Crippen LogP contribution in [-0.4, -0.2) is 53.7 Å². The molecule has 8 heteroatoms. The maximum atomic E-state index is 12.6. The van der Waals surface area contributed by atoms with E-state index >= 15 is 0 Å². The molecule has 2 heterocycles. The fourth-order valence-corrected chi connectivity index (χ4v) is 3.05. The van der Waals surface area contributed by atoms with E-state index in [4.69, 9.17) is 4.52 Å². The minimum atomic E-state index is -2.91. The summed E-state index contributed by atoms with van der Waals surface area (Å²) in [7, 11) is 0. The van der Waals surface area contributed by atoms with Crippen molar-refractivity contribution < 1.29 is 22.8 Å². The molecule has 0 radical (unpaired) electrons. The van der Waals surface area contributed by atoms with E-state index in [0.717, 1.165) is 36.7 Å². The van der Waals surface area contributed by atoms with Crippen molar-refractivity contribution >= 4 is 5.91 Å². The number of alkyl halides is 2. The van der Waals surface area contributed by atoms with Crippen LogP contribution in [0.25, 0.3) is 0 Å². The molecule has 0 saturated carbocycles. The maximum Gasteiger partial charge on any atom is 0.387 e. The molecule has 1 aromatic heterocycles. The van der Waals surface area contributed by atoms with Crippen LogP contribution in [0.3, 0.4) is 0 Å². The van der Waals surface area contributed by atoms with E-state index in [0.29, 0.717) is 18.7 Å². The van der Waals surface area contributed by atoms with Crippen LogP contribution in [0.4, 0.5) is 8.78 Å². The lowest BCUT2D eigenvalue weighted by molar-refractivity contribution is -0.0499. The summed E-state index contributed by atoms with van der Waals surface area (Å²) in [6, 6.07) is 5.91. The quantitative estimate of drug-likeness (QED) is 0.816. The Hall–Kier alpha value is -2.48. The number of aryl methyl sites for hydroxylation is 2. The average Bonchev–Trinajstić information content (AvgIpc) is 2.93. The summed E-state index contributed by atoms with van der Waals surface area (Å²) in [6.07, 6.45) is 0. The van der Waals surface area contributed by atoms with Crippen LogP contribution in [0.5, 0.6) is 5.75 Å². The van der Waals surface area contributed by atoms with Crippen LogP contribution in [0, 0.1) is 13.8 Å². The molecule has 1 fully saturated rings. The molecule has 6 nitrogen and oxygen atoms in total. The molecule has 0 aliphatic carbocycles. The van der Waals surface area contributed by atoms with Gasteiger partial charge >= 0.3 is 6.61 Å². The van der Waals surface area contributed by atoms with Crippen LogP contribution >= 0.6 is 0 Å². The van der Waals surface area contributed by atoms with Gasteiger partial charge in [-0.15, -0.1) is 0 Å². The maximum absolute atomic E-state index is 12.6. The Morgan fingerprint density at radius 2 is 2.00 bits per heavy atom. The van der Waals surface area contributed by atoms with Gasteiger partial charge in [-0.05, 0) is 32.0 Å². The fourth-order valence-electron chi connectivity index (χ4n) is 3.05. The number of rotatable bonds is 5. The standard InChI is InChI=1S/C18H21F2N3O3/c1-12-16(13(2)26-21-12)11-22-6-8-23(9-7-22)17(24)14-4-3-5-15(10-14)25-18(19)20/h3-5,10,18H,6-9,11H2,1-2H3. The lowest BCUT2D eigenvalue weighted by Gasteiger charge is -2.34. The number of benzene rings is 1. The van der Waals surface area contributed by atoms with Crippen molar-refractivity contribution in [1.29, 1.82) is 0 Å². The summed E-state index contributed by atoms with van der Waals surface area (Å²) in [5, 5.41) is 3.96. The van der Waals surface area contributed by atoms with Gasteiger partial charge < -0.3 is 14.2 Å². The third-order valence-electron chi connectivity index (χ3n) is 4.53. The van der Waals surface area contributed by atoms with Gasteiger partial charge in [0.05, 0.1) is 5.69 Å². The van der Waals surface area contributed by atoms with Gasteiger partial charge in [-0.2, -0.15) is 8.78 Å². The van der Waals surface area contributed by atoms with E-state index in [-0.39, 0.29) is 11.7 Å². The van der Waals surface area contributed by atoms with Crippen molar-refractivity contribution in [3.05, 3.63) is 46.8 Å². The SMILES string of the molecule is Cc1noc(C)c1CN1CCN(C(=O)c2cccc(OC(F)F)c2)CC1. The van der Waals surface area contributed by atoms with Crippen molar-refractivity contribution in [2.75, 3.05) is 26.2 Å². The molecule has 140 valence electrons. The van der Waals surface area contributed by atoms with Crippen LogP contribution in [0.1, 0.15) is 27.4 Å². The number of amides is 1. The van der Waals surface area contributed by atoms with Gasteiger partial charge in [0.1, 0.15) is 11.5 Å². The van der Waals surface area contributed by atoms with Gasteiger partial charge in [0.15, 0.2) is 0 Å². The van der Waals surface area contributed by atoms with Crippen molar-refractivity contribution in [1.82, 2.24) is 15.0 Å². The molecule has 1 saturated heterocycles. The molecule has 0 unspecified atom stereocenters. The van der Waals surface area contributed by atoms with E-state index < -0.39 is 6.61 Å². The summed E-state index contributed by atoms with van der Waals surface area (Å²) in [5.41, 5.74) is 2.32. The number of hydrogen-bond donors (Lipinski definition) is 0. The molecule has 0 bridgehead atoms. The highest BCUT2D eigenvalue weighted by Gasteiger charge is 2.24. The van der Waals surface area contributed by atoms with Gasteiger partial charge in [0.25, 0.3) is 5.91 Å². The Morgan fingerprint density at radius 1 is 1.27 bits per heavy atom. The first kappa shape index (κ1) is 18.3. The molecule has 0 atom stereocenters. The van der Waals surface area contributed by atoms with Gasteiger partial charge in [0, 0.05) is 43.9 Å². The third-order valence-corrected chi connectivity index (χ3v) is 4.53. The Kier molecular flexibility index (Phi) is 5.51. The van der Waals surface area contributed by atoms with Gasteiger partial charge in [-0.3, -0.25) is 9.69 Å². The van der Waals surface area contributed by atoms with Crippen LogP contribution in [0.15, 0.2) is 28.8 Å². The zero-order valence-corrected chi connectivity index (χ0v) is 14.7. The highest BCUT2D eigenvalue weighted by Crippen LogP contribution is 2.19. The minimum absolute atomic E-state index is 0.0112. The smallest absolute Gasteiger partial charge is 0.387 e. The second-order valence-corrected chi connectivity index (χ2v) is 6.28. The molecular weight excluding hydrogens is 344 g/mol. The normalized spacial score (nSPS) is 15.5. The number of nitrogens with zero attached hydrogens (tertiary/aromatic N) is 3. The summed E-state index contributed by atoms with van der Waals surface area (Å²) in [4.78, 5) is 16.6. The molecule has 1 aromatic carbocycles. The molecule has 3 rings (SSSR count). The zero-order valence-electron chi connectivity index (χ0n) is 14.7. The van der Waals surface area contributed by atoms with E-state index in [9.17, 15) is 13.6 Å². The molecule has 0 N–H and O–H groups in total. The molecular formula is C18H21F2N3O3. The number of piperazine rings is 1. The van der Waals surface area contributed by atoms with Crippen LogP contribution in [-0.2, 0) is 6.54 Å². The van der Waals surface area contributed by atoms with Gasteiger partial charge in [-0.25, -0.2) is 0 Å². The first-order chi connectivity index (χ1) is 12.4. The number of carbonyl (C=O) groups is 1. The van der Waals surface area contributed by atoms with Crippen LogP contribution < -0.4 is 4.74 Å².